The van der Waals surface area contributed by atoms with Crippen LogP contribution in [-0.4, -0.2) is 32.1 Å². The van der Waals surface area contributed by atoms with Crippen LogP contribution in [0.2, 0.25) is 0 Å². The van der Waals surface area contributed by atoms with E-state index in [9.17, 15) is 0 Å². The number of nitrogens with one attached hydrogen (secondary N) is 1. The zero-order valence-corrected chi connectivity index (χ0v) is 13.3. The molecule has 2 unspecified atom stereocenters. The number of hydrogen-bond donors (Lipinski definition) is 1. The van der Waals surface area contributed by atoms with Gasteiger partial charge in [-0.25, -0.2) is 0 Å². The van der Waals surface area contributed by atoms with Crippen molar-refractivity contribution in [3.8, 4) is 0 Å². The molecule has 3 heteroatoms. The van der Waals surface area contributed by atoms with Crippen molar-refractivity contribution in [3.63, 3.8) is 0 Å². The molecule has 0 amide bonds. The lowest BCUT2D eigenvalue weighted by Crippen LogP contribution is -2.40. The van der Waals surface area contributed by atoms with Crippen molar-refractivity contribution in [2.24, 2.45) is 11.8 Å². The third-order valence-electron chi connectivity index (χ3n) is 3.87. The highest BCUT2D eigenvalue weighted by molar-refractivity contribution is 4.78. The summed E-state index contributed by atoms with van der Waals surface area (Å²) in [5, 5.41) is 3.64. The average molecular weight is 271 g/mol. The first-order valence-corrected chi connectivity index (χ1v) is 8.12. The van der Waals surface area contributed by atoms with Crippen LogP contribution in [0.4, 0.5) is 0 Å². The predicted octanol–water partition coefficient (Wildman–Crippen LogP) is 3.58. The van der Waals surface area contributed by atoms with Gasteiger partial charge in [0.25, 0.3) is 0 Å². The van der Waals surface area contributed by atoms with E-state index < -0.39 is 0 Å². The van der Waals surface area contributed by atoms with Gasteiger partial charge in [0.15, 0.2) is 6.29 Å². The molecule has 0 aromatic rings. The van der Waals surface area contributed by atoms with Gasteiger partial charge >= 0.3 is 0 Å². The van der Waals surface area contributed by atoms with Crippen LogP contribution in [0.25, 0.3) is 0 Å². The lowest BCUT2D eigenvalue weighted by molar-refractivity contribution is -0.134. The molecule has 1 aliphatic rings. The first-order chi connectivity index (χ1) is 9.15. The zero-order chi connectivity index (χ0) is 14.1. The van der Waals surface area contributed by atoms with Crippen molar-refractivity contribution in [1.82, 2.24) is 5.32 Å². The summed E-state index contributed by atoms with van der Waals surface area (Å²) < 4.78 is 11.2. The van der Waals surface area contributed by atoms with Gasteiger partial charge < -0.3 is 14.8 Å². The molecule has 0 aromatic heterocycles. The molecule has 0 saturated heterocycles. The second-order valence-electron chi connectivity index (χ2n) is 6.11. The fourth-order valence-electron chi connectivity index (χ4n) is 3.16. The average Bonchev–Trinajstić information content (AvgIpc) is 2.36. The molecule has 19 heavy (non-hydrogen) atoms. The minimum absolute atomic E-state index is 0.0829. The normalized spacial score (nSPS) is 24.3. The minimum Gasteiger partial charge on any atom is -0.352 e. The predicted molar refractivity (Wildman–Crippen MR) is 80.2 cm³/mol. The summed E-state index contributed by atoms with van der Waals surface area (Å²) in [7, 11) is 0. The number of hydrogen-bond acceptors (Lipinski definition) is 3. The molecule has 0 bridgehead atoms. The van der Waals surface area contributed by atoms with Crippen molar-refractivity contribution in [2.45, 2.75) is 72.1 Å². The van der Waals surface area contributed by atoms with Crippen molar-refractivity contribution >= 4 is 0 Å². The van der Waals surface area contributed by atoms with Crippen molar-refractivity contribution in [3.05, 3.63) is 0 Å². The fraction of sp³-hybridized carbons (Fsp3) is 1.00. The van der Waals surface area contributed by atoms with Crippen LogP contribution in [0.1, 0.15) is 59.8 Å². The van der Waals surface area contributed by atoms with Gasteiger partial charge in [0.2, 0.25) is 0 Å². The Bertz CT molecular complexity index is 215. The van der Waals surface area contributed by atoms with Crippen LogP contribution in [0.3, 0.4) is 0 Å². The van der Waals surface area contributed by atoms with E-state index in [0.29, 0.717) is 19.3 Å². The van der Waals surface area contributed by atoms with E-state index >= 15 is 0 Å². The summed E-state index contributed by atoms with van der Waals surface area (Å²) >= 11 is 0. The second-order valence-corrected chi connectivity index (χ2v) is 6.11. The topological polar surface area (TPSA) is 30.5 Å². The SMILES string of the molecule is CCOC(CNC1CCCC(CC(C)C)C1)OCC. The molecule has 1 rings (SSSR count). The van der Waals surface area contributed by atoms with Crippen LogP contribution in [0, 0.1) is 11.8 Å². The monoisotopic (exact) mass is 271 g/mol. The van der Waals surface area contributed by atoms with E-state index in [4.69, 9.17) is 9.47 Å². The highest BCUT2D eigenvalue weighted by Crippen LogP contribution is 2.29. The van der Waals surface area contributed by atoms with Crippen LogP contribution < -0.4 is 5.32 Å². The van der Waals surface area contributed by atoms with E-state index in [1.165, 1.54) is 32.1 Å². The minimum atomic E-state index is -0.0829. The smallest absolute Gasteiger partial charge is 0.169 e. The van der Waals surface area contributed by atoms with E-state index in [1.54, 1.807) is 0 Å². The highest BCUT2D eigenvalue weighted by Gasteiger charge is 2.23. The summed E-state index contributed by atoms with van der Waals surface area (Å²) in [4.78, 5) is 0. The van der Waals surface area contributed by atoms with Crippen LogP contribution in [-0.2, 0) is 9.47 Å². The van der Waals surface area contributed by atoms with Crippen molar-refractivity contribution in [2.75, 3.05) is 19.8 Å². The summed E-state index contributed by atoms with van der Waals surface area (Å²) in [5.41, 5.74) is 0. The fourth-order valence-corrected chi connectivity index (χ4v) is 3.16. The van der Waals surface area contributed by atoms with Crippen LogP contribution >= 0.6 is 0 Å². The zero-order valence-electron chi connectivity index (χ0n) is 13.3. The Labute approximate surface area is 119 Å². The Kier molecular flexibility index (Phi) is 8.67. The van der Waals surface area contributed by atoms with Crippen LogP contribution in [0.5, 0.6) is 0 Å². The molecule has 0 heterocycles. The quantitative estimate of drug-likeness (QED) is 0.650. The molecule has 1 N–H and O–H groups in total. The van der Waals surface area contributed by atoms with Crippen molar-refractivity contribution in [1.29, 1.82) is 0 Å². The van der Waals surface area contributed by atoms with E-state index in [1.807, 2.05) is 13.8 Å². The molecule has 1 fully saturated rings. The first-order valence-electron chi connectivity index (χ1n) is 8.12. The molecule has 1 aliphatic carbocycles. The molecule has 0 aliphatic heterocycles. The summed E-state index contributed by atoms with van der Waals surface area (Å²) in [5.74, 6) is 1.73. The number of ether oxygens (including phenoxy) is 2. The summed E-state index contributed by atoms with van der Waals surface area (Å²) in [6.07, 6.45) is 6.70. The third kappa shape index (κ3) is 7.28. The van der Waals surface area contributed by atoms with Gasteiger partial charge in [0.1, 0.15) is 0 Å². The summed E-state index contributed by atoms with van der Waals surface area (Å²) in [6.45, 7) is 11.0. The van der Waals surface area contributed by atoms with Crippen molar-refractivity contribution < 1.29 is 9.47 Å². The van der Waals surface area contributed by atoms with Gasteiger partial charge in [-0.3, -0.25) is 0 Å². The molecular formula is C16H33NO2. The Morgan fingerprint density at radius 3 is 2.37 bits per heavy atom. The maximum atomic E-state index is 5.58. The Morgan fingerprint density at radius 2 is 1.79 bits per heavy atom. The summed E-state index contributed by atoms with van der Waals surface area (Å²) in [6, 6.07) is 0.654. The molecule has 0 spiro atoms. The van der Waals surface area contributed by atoms with E-state index in [0.717, 1.165) is 18.4 Å². The van der Waals surface area contributed by atoms with Gasteiger partial charge in [0, 0.05) is 25.8 Å². The van der Waals surface area contributed by atoms with Gasteiger partial charge in [-0.15, -0.1) is 0 Å². The molecule has 114 valence electrons. The Hall–Kier alpha value is -0.120. The maximum Gasteiger partial charge on any atom is 0.169 e. The van der Waals surface area contributed by atoms with E-state index in [2.05, 4.69) is 19.2 Å². The molecule has 1 saturated carbocycles. The largest absolute Gasteiger partial charge is 0.352 e. The molecule has 0 aromatic carbocycles. The Balaban J connectivity index is 2.26. The lowest BCUT2D eigenvalue weighted by atomic mass is 9.81. The van der Waals surface area contributed by atoms with E-state index in [-0.39, 0.29) is 6.29 Å². The standard InChI is InChI=1S/C16H33NO2/c1-5-18-16(19-6-2)12-17-15-9-7-8-14(11-15)10-13(3)4/h13-17H,5-12H2,1-4H3. The van der Waals surface area contributed by atoms with Gasteiger partial charge in [0.05, 0.1) is 0 Å². The third-order valence-corrected chi connectivity index (χ3v) is 3.87. The molecule has 3 nitrogen and oxygen atoms in total. The molecular weight excluding hydrogens is 238 g/mol. The molecule has 0 radical (unpaired) electrons. The van der Waals surface area contributed by atoms with Gasteiger partial charge in [-0.05, 0) is 44.9 Å². The lowest BCUT2D eigenvalue weighted by Gasteiger charge is -2.31. The van der Waals surface area contributed by atoms with Gasteiger partial charge in [-0.1, -0.05) is 26.7 Å². The Morgan fingerprint density at radius 1 is 1.11 bits per heavy atom. The highest BCUT2D eigenvalue weighted by atomic mass is 16.7. The van der Waals surface area contributed by atoms with Crippen LogP contribution in [0.15, 0.2) is 0 Å². The molecule has 2 atom stereocenters. The maximum absolute atomic E-state index is 5.58. The number of rotatable bonds is 9. The van der Waals surface area contributed by atoms with Gasteiger partial charge in [-0.2, -0.15) is 0 Å². The second kappa shape index (κ2) is 9.73. The first kappa shape index (κ1) is 16.9.